The van der Waals surface area contributed by atoms with Gasteiger partial charge in [0.1, 0.15) is 0 Å². The predicted molar refractivity (Wildman–Crippen MR) is 62.9 cm³/mol. The summed E-state index contributed by atoms with van der Waals surface area (Å²) in [6, 6.07) is 8.53. The zero-order chi connectivity index (χ0) is 10.7. The van der Waals surface area contributed by atoms with E-state index in [2.05, 4.69) is 25.1 Å². The fourth-order valence-electron chi connectivity index (χ4n) is 2.20. The van der Waals surface area contributed by atoms with Crippen LogP contribution in [0.15, 0.2) is 24.3 Å². The van der Waals surface area contributed by atoms with Gasteiger partial charge in [-0.1, -0.05) is 44.0 Å². The van der Waals surface area contributed by atoms with Crippen LogP contribution < -0.4 is 0 Å². The van der Waals surface area contributed by atoms with E-state index in [4.69, 9.17) is 0 Å². The Hall–Kier alpha value is -0.820. The number of benzene rings is 1. The minimum Gasteiger partial charge on any atom is -0.388 e. The Balaban J connectivity index is 2.10. The maximum Gasteiger partial charge on any atom is 0.0790 e. The average molecular weight is 204 g/mol. The van der Waals surface area contributed by atoms with Crippen molar-refractivity contribution in [3.05, 3.63) is 35.4 Å². The van der Waals surface area contributed by atoms with Crippen LogP contribution in [0.3, 0.4) is 0 Å². The van der Waals surface area contributed by atoms with Crippen LogP contribution in [0.2, 0.25) is 0 Å². The van der Waals surface area contributed by atoms with Gasteiger partial charge in [-0.15, -0.1) is 0 Å². The van der Waals surface area contributed by atoms with Crippen LogP contribution in [0.1, 0.15) is 62.2 Å². The molecule has 0 aliphatic heterocycles. The summed E-state index contributed by atoms with van der Waals surface area (Å²) in [7, 11) is 0. The molecule has 0 heterocycles. The Labute approximate surface area is 92.1 Å². The van der Waals surface area contributed by atoms with Crippen LogP contribution in [0.25, 0.3) is 0 Å². The van der Waals surface area contributed by atoms with Crippen molar-refractivity contribution in [2.75, 3.05) is 0 Å². The standard InChI is InChI=1S/C14H20O/c1-2-5-14(15)13-9-4-8-12(10-13)11-6-3-7-11/h4,8-11,14-15H,2-3,5-7H2,1H3. The van der Waals surface area contributed by atoms with Gasteiger partial charge in [0.05, 0.1) is 6.10 Å². The molecule has 1 aromatic rings. The second-order valence-electron chi connectivity index (χ2n) is 4.60. The third-order valence-corrected chi connectivity index (χ3v) is 3.43. The van der Waals surface area contributed by atoms with Crippen molar-refractivity contribution in [2.24, 2.45) is 0 Å². The number of rotatable bonds is 4. The van der Waals surface area contributed by atoms with E-state index in [1.165, 1.54) is 24.8 Å². The minimum absolute atomic E-state index is 0.268. The summed E-state index contributed by atoms with van der Waals surface area (Å²) in [5, 5.41) is 9.92. The molecule has 1 unspecified atom stereocenters. The molecule has 1 atom stereocenters. The maximum absolute atomic E-state index is 9.92. The zero-order valence-corrected chi connectivity index (χ0v) is 9.45. The lowest BCUT2D eigenvalue weighted by atomic mass is 9.79. The van der Waals surface area contributed by atoms with Gasteiger partial charge in [-0.05, 0) is 36.3 Å². The first-order valence-corrected chi connectivity index (χ1v) is 6.09. The minimum atomic E-state index is -0.268. The fourth-order valence-corrected chi connectivity index (χ4v) is 2.20. The molecule has 15 heavy (non-hydrogen) atoms. The maximum atomic E-state index is 9.92. The Kier molecular flexibility index (Phi) is 3.42. The molecule has 0 radical (unpaired) electrons. The molecule has 2 rings (SSSR count). The topological polar surface area (TPSA) is 20.2 Å². The van der Waals surface area contributed by atoms with Gasteiger partial charge in [-0.3, -0.25) is 0 Å². The van der Waals surface area contributed by atoms with Crippen LogP contribution in [0.5, 0.6) is 0 Å². The van der Waals surface area contributed by atoms with Crippen molar-refractivity contribution in [2.45, 2.75) is 51.0 Å². The largest absolute Gasteiger partial charge is 0.388 e. The highest BCUT2D eigenvalue weighted by Gasteiger charge is 2.20. The molecule has 82 valence electrons. The first-order valence-electron chi connectivity index (χ1n) is 6.09. The van der Waals surface area contributed by atoms with Gasteiger partial charge in [0.15, 0.2) is 0 Å². The van der Waals surface area contributed by atoms with Crippen molar-refractivity contribution in [1.82, 2.24) is 0 Å². The lowest BCUT2D eigenvalue weighted by Gasteiger charge is -2.26. The van der Waals surface area contributed by atoms with Crippen LogP contribution in [0, 0.1) is 0 Å². The predicted octanol–water partition coefficient (Wildman–Crippen LogP) is 3.79. The monoisotopic (exact) mass is 204 g/mol. The Morgan fingerprint density at radius 2 is 2.20 bits per heavy atom. The molecule has 0 amide bonds. The van der Waals surface area contributed by atoms with E-state index < -0.39 is 0 Å². The van der Waals surface area contributed by atoms with Crippen molar-refractivity contribution in [1.29, 1.82) is 0 Å². The number of aliphatic hydroxyl groups excluding tert-OH is 1. The molecule has 1 aromatic carbocycles. The number of hydrogen-bond acceptors (Lipinski definition) is 1. The molecule has 1 saturated carbocycles. The van der Waals surface area contributed by atoms with E-state index in [0.717, 1.165) is 24.3 Å². The summed E-state index contributed by atoms with van der Waals surface area (Å²) in [4.78, 5) is 0. The van der Waals surface area contributed by atoms with Crippen molar-refractivity contribution >= 4 is 0 Å². The third-order valence-electron chi connectivity index (χ3n) is 3.43. The zero-order valence-electron chi connectivity index (χ0n) is 9.45. The Morgan fingerprint density at radius 1 is 1.40 bits per heavy atom. The van der Waals surface area contributed by atoms with Crippen molar-refractivity contribution in [3.8, 4) is 0 Å². The normalized spacial score (nSPS) is 18.5. The van der Waals surface area contributed by atoms with Gasteiger partial charge < -0.3 is 5.11 Å². The van der Waals surface area contributed by atoms with Crippen molar-refractivity contribution < 1.29 is 5.11 Å². The molecule has 0 bridgehead atoms. The van der Waals surface area contributed by atoms with Gasteiger partial charge in [-0.25, -0.2) is 0 Å². The first-order chi connectivity index (χ1) is 7.31. The van der Waals surface area contributed by atoms with Crippen LogP contribution in [-0.4, -0.2) is 5.11 Å². The van der Waals surface area contributed by atoms with E-state index in [1.54, 1.807) is 0 Å². The molecular formula is C14H20O. The van der Waals surface area contributed by atoms with E-state index in [9.17, 15) is 5.11 Å². The van der Waals surface area contributed by atoms with Gasteiger partial charge in [0.2, 0.25) is 0 Å². The Morgan fingerprint density at radius 3 is 2.80 bits per heavy atom. The SMILES string of the molecule is CCCC(O)c1cccc(C2CCC2)c1. The number of hydrogen-bond donors (Lipinski definition) is 1. The lowest BCUT2D eigenvalue weighted by molar-refractivity contribution is 0.166. The average Bonchev–Trinajstić information content (AvgIpc) is 2.16. The smallest absolute Gasteiger partial charge is 0.0790 e. The molecule has 1 fully saturated rings. The van der Waals surface area contributed by atoms with Crippen LogP contribution >= 0.6 is 0 Å². The summed E-state index contributed by atoms with van der Waals surface area (Å²) < 4.78 is 0. The van der Waals surface area contributed by atoms with E-state index in [-0.39, 0.29) is 6.10 Å². The highest BCUT2D eigenvalue weighted by Crippen LogP contribution is 2.37. The van der Waals surface area contributed by atoms with Gasteiger partial charge in [-0.2, -0.15) is 0 Å². The summed E-state index contributed by atoms with van der Waals surface area (Å²) >= 11 is 0. The van der Waals surface area contributed by atoms with E-state index in [1.807, 2.05) is 6.07 Å². The Bertz CT molecular complexity index is 315. The summed E-state index contributed by atoms with van der Waals surface area (Å²) in [5.41, 5.74) is 2.52. The van der Waals surface area contributed by atoms with E-state index >= 15 is 0 Å². The molecule has 1 heteroatoms. The highest BCUT2D eigenvalue weighted by atomic mass is 16.3. The first kappa shape index (κ1) is 10.7. The van der Waals surface area contributed by atoms with Crippen LogP contribution in [-0.2, 0) is 0 Å². The molecule has 0 aromatic heterocycles. The molecule has 0 saturated heterocycles. The summed E-state index contributed by atoms with van der Waals surface area (Å²) in [6.45, 7) is 2.11. The highest BCUT2D eigenvalue weighted by molar-refractivity contribution is 5.28. The molecular weight excluding hydrogens is 184 g/mol. The van der Waals surface area contributed by atoms with Crippen LogP contribution in [0.4, 0.5) is 0 Å². The molecule has 1 nitrogen and oxygen atoms in total. The quantitative estimate of drug-likeness (QED) is 0.791. The second kappa shape index (κ2) is 4.80. The van der Waals surface area contributed by atoms with E-state index in [0.29, 0.717) is 0 Å². The number of aliphatic hydroxyl groups is 1. The lowest BCUT2D eigenvalue weighted by Crippen LogP contribution is -2.09. The molecule has 1 N–H and O–H groups in total. The van der Waals surface area contributed by atoms with Gasteiger partial charge >= 0.3 is 0 Å². The molecule has 0 spiro atoms. The molecule has 1 aliphatic carbocycles. The summed E-state index contributed by atoms with van der Waals surface area (Å²) in [5.74, 6) is 0.763. The molecule has 1 aliphatic rings. The second-order valence-corrected chi connectivity index (χ2v) is 4.60. The van der Waals surface area contributed by atoms with Crippen molar-refractivity contribution in [3.63, 3.8) is 0 Å². The van der Waals surface area contributed by atoms with Gasteiger partial charge in [0.25, 0.3) is 0 Å². The third kappa shape index (κ3) is 2.40. The summed E-state index contributed by atoms with van der Waals surface area (Å²) in [6.07, 6.45) is 5.66. The fraction of sp³-hybridized carbons (Fsp3) is 0.571. The van der Waals surface area contributed by atoms with Gasteiger partial charge in [0, 0.05) is 0 Å².